The van der Waals surface area contributed by atoms with Crippen molar-refractivity contribution in [3.63, 3.8) is 0 Å². The fourth-order valence-electron chi connectivity index (χ4n) is 7.84. The maximum Gasteiger partial charge on any atom is 0.459 e. The van der Waals surface area contributed by atoms with Gasteiger partial charge in [0.15, 0.2) is 6.10 Å². The normalized spacial score (nSPS) is 14.6. The van der Waals surface area contributed by atoms with Crippen molar-refractivity contribution in [2.75, 3.05) is 0 Å². The number of carbonyl (C=O) groups is 1. The summed E-state index contributed by atoms with van der Waals surface area (Å²) in [6.07, 6.45) is 3.14. The van der Waals surface area contributed by atoms with Crippen LogP contribution in [-0.2, 0) is 13.6 Å². The van der Waals surface area contributed by atoms with Crippen LogP contribution in [0.1, 0.15) is 167 Å². The summed E-state index contributed by atoms with van der Waals surface area (Å²) >= 11 is 0. The van der Waals surface area contributed by atoms with Crippen LogP contribution < -0.4 is 0 Å². The average molecular weight is 923 g/mol. The zero-order valence-electron chi connectivity index (χ0n) is 40.3. The summed E-state index contributed by atoms with van der Waals surface area (Å²) in [6, 6.07) is -0.0500. The molecule has 0 aromatic heterocycles. The third-order valence-corrected chi connectivity index (χ3v) is 29.0. The molecule has 13 heteroatoms. The van der Waals surface area contributed by atoms with E-state index in [1.165, 1.54) is 0 Å². The number of aldehydes is 1. The molecule has 0 spiro atoms. The first-order valence-corrected chi connectivity index (χ1v) is 30.1. The predicted octanol–water partition coefficient (Wildman–Crippen LogP) is 16.0. The van der Waals surface area contributed by atoms with Gasteiger partial charge in [-0.2, -0.15) is 30.7 Å². The van der Waals surface area contributed by atoms with Crippen LogP contribution >= 0.6 is 0 Å². The number of allylic oxidation sites excluding steroid dienone is 1. The van der Waals surface area contributed by atoms with Gasteiger partial charge in [0.2, 0.25) is 16.6 Å². The Kier molecular flexibility index (Phi) is 25.4. The third kappa shape index (κ3) is 18.3. The predicted molar refractivity (Wildman–Crippen MR) is 249 cm³/mol. The average Bonchev–Trinajstić information content (AvgIpc) is 3.11. The third-order valence-electron chi connectivity index (χ3n) is 12.7. The lowest BCUT2D eigenvalue weighted by Gasteiger charge is -2.43. The van der Waals surface area contributed by atoms with E-state index in [1.807, 2.05) is 27.7 Å². The van der Waals surface area contributed by atoms with Crippen molar-refractivity contribution in [3.05, 3.63) is 12.2 Å². The maximum atomic E-state index is 14.3. The minimum atomic E-state index is -6.36. The molecular weight excluding hydrogens is 842 g/mol. The van der Waals surface area contributed by atoms with E-state index in [0.29, 0.717) is 48.7 Å². The van der Waals surface area contributed by atoms with Gasteiger partial charge in [-0.3, -0.25) is 0 Å². The molecule has 0 rings (SSSR count). The summed E-state index contributed by atoms with van der Waals surface area (Å²) in [5, 5.41) is 0.146. The number of carbonyl (C=O) groups excluding carboxylic acids is 1. The van der Waals surface area contributed by atoms with Gasteiger partial charge in [0.05, 0.1) is 0 Å². The highest BCUT2D eigenvalue weighted by Gasteiger charge is 2.72. The lowest BCUT2D eigenvalue weighted by molar-refractivity contribution is -0.355. The van der Waals surface area contributed by atoms with E-state index in [-0.39, 0.29) is 28.3 Å². The topological polar surface area (TPSA) is 35.5 Å². The first-order chi connectivity index (χ1) is 27.9. The van der Waals surface area contributed by atoms with Crippen LogP contribution in [0.3, 0.4) is 0 Å². The van der Waals surface area contributed by atoms with Gasteiger partial charge in [0, 0.05) is 25.7 Å². The van der Waals surface area contributed by atoms with E-state index in [4.69, 9.17) is 8.85 Å². The monoisotopic (exact) mass is 923 g/mol. The molecule has 0 aromatic carbocycles. The lowest BCUT2D eigenvalue weighted by Crippen LogP contribution is -2.52. The second-order valence-electron chi connectivity index (χ2n) is 19.8. The Morgan fingerprint density at radius 2 is 1.08 bits per heavy atom. The molecule has 0 saturated heterocycles. The van der Waals surface area contributed by atoms with E-state index < -0.39 is 61.7 Å². The molecule has 0 heterocycles. The molecule has 0 aromatic rings. The number of halogens is 7. The van der Waals surface area contributed by atoms with Crippen LogP contribution in [0.5, 0.6) is 0 Å². The van der Waals surface area contributed by atoms with Gasteiger partial charge in [-0.05, 0) is 83.4 Å². The van der Waals surface area contributed by atoms with Gasteiger partial charge >= 0.3 is 18.0 Å². The summed E-state index contributed by atoms with van der Waals surface area (Å²) in [5.74, 6) is 4.63. The smallest absolute Gasteiger partial charge is 0.399 e. The van der Waals surface area contributed by atoms with Crippen LogP contribution in [0.15, 0.2) is 12.2 Å². The molecule has 0 aliphatic rings. The maximum absolute atomic E-state index is 14.3. The van der Waals surface area contributed by atoms with Crippen molar-refractivity contribution in [2.45, 2.75) is 249 Å². The van der Waals surface area contributed by atoms with E-state index in [0.717, 1.165) is 38.4 Å². The highest BCUT2D eigenvalue weighted by molar-refractivity contribution is 6.87. The summed E-state index contributed by atoms with van der Waals surface area (Å²) in [6.45, 7) is 32.6. The largest absolute Gasteiger partial charge is 0.459 e. The Morgan fingerprint density at radius 3 is 1.52 bits per heavy atom. The molecule has 0 aliphatic carbocycles. The van der Waals surface area contributed by atoms with E-state index in [9.17, 15) is 35.5 Å². The highest BCUT2D eigenvalue weighted by Crippen LogP contribution is 2.50. The van der Waals surface area contributed by atoms with E-state index in [1.54, 1.807) is 0 Å². The van der Waals surface area contributed by atoms with E-state index in [2.05, 4.69) is 123 Å². The SMILES string of the molecule is CC(C)[Si](CCCC(F)(F)C(F)(F)C(F)(F)F)(O[C@H](C#CCCCCC=O)C#CCCCCCC/C=C/[C@@H](C#C[Si](C)(C)C(C)(C)C)O[Si](C(C)C)(C(C)C)C(C)C)C(C)C. The number of rotatable bonds is 25. The van der Waals surface area contributed by atoms with Gasteiger partial charge in [-0.15, -0.1) is 5.54 Å². The number of hydrogen-bond acceptors (Lipinski definition) is 3. The molecule has 0 fully saturated rings. The first-order valence-electron chi connectivity index (χ1n) is 22.7. The molecule has 352 valence electrons. The molecule has 2 atom stereocenters. The van der Waals surface area contributed by atoms with Crippen LogP contribution in [0.2, 0.25) is 51.9 Å². The highest BCUT2D eigenvalue weighted by atomic mass is 28.4. The Hall–Kier alpha value is -1.83. The van der Waals surface area contributed by atoms with Crippen LogP contribution in [0.4, 0.5) is 30.7 Å². The molecule has 0 saturated carbocycles. The standard InChI is InChI=1S/C48H81F7O3Si3/c1-38(2)60(39(3)4,36-29-34-46(49,50)47(51,52)48(53,54)55)57-43(31-26-23-20-24-28-35-56)30-25-21-18-16-17-19-22-27-32-44(33-37-59(14,15)45(11,12)13)58-61(40(5)6,41(7)8)42(9)10/h27,32,35,38-44H,16-24,28-29,34,36H2,1-15H3/b32-27+/t43-,44-/m0/s1. The van der Waals surface area contributed by atoms with Gasteiger partial charge in [0.1, 0.15) is 20.5 Å². The first kappa shape index (κ1) is 59.2. The minimum Gasteiger partial charge on any atom is -0.399 e. The fraction of sp³-hybridized carbons (Fsp3) is 0.812. The fourth-order valence-corrected chi connectivity index (χ4v) is 18.6. The zero-order chi connectivity index (χ0) is 47.5. The van der Waals surface area contributed by atoms with Crippen LogP contribution in [-0.4, -0.2) is 61.2 Å². The summed E-state index contributed by atoms with van der Waals surface area (Å²) in [7, 11) is -7.09. The second kappa shape index (κ2) is 26.2. The molecule has 0 N–H and O–H groups in total. The summed E-state index contributed by atoms with van der Waals surface area (Å²) in [4.78, 5) is 10.7. The van der Waals surface area contributed by atoms with Crippen molar-refractivity contribution in [1.82, 2.24) is 0 Å². The van der Waals surface area contributed by atoms with Crippen molar-refractivity contribution in [2.24, 2.45) is 0 Å². The quantitative estimate of drug-likeness (QED) is 0.0229. The van der Waals surface area contributed by atoms with Gasteiger partial charge in [0.25, 0.3) is 0 Å². The van der Waals surface area contributed by atoms with Gasteiger partial charge < -0.3 is 13.6 Å². The molecule has 0 aliphatic heterocycles. The lowest BCUT2D eigenvalue weighted by atomic mass is 10.1. The van der Waals surface area contributed by atoms with Crippen molar-refractivity contribution in [3.8, 4) is 35.1 Å². The minimum absolute atomic E-state index is 0.0500. The van der Waals surface area contributed by atoms with Gasteiger partial charge in [-0.25, -0.2) is 0 Å². The Morgan fingerprint density at radius 1 is 0.607 bits per heavy atom. The molecule has 0 radical (unpaired) electrons. The Balaban J connectivity index is 5.94. The second-order valence-corrected chi connectivity index (χ2v) is 35.2. The Labute approximate surface area is 370 Å². The van der Waals surface area contributed by atoms with Crippen LogP contribution in [0.25, 0.3) is 0 Å². The van der Waals surface area contributed by atoms with Crippen molar-refractivity contribution < 1.29 is 44.4 Å². The van der Waals surface area contributed by atoms with Crippen molar-refractivity contribution >= 4 is 31.0 Å². The summed E-state index contributed by atoms with van der Waals surface area (Å²) < 4.78 is 108. The van der Waals surface area contributed by atoms with Gasteiger partial charge in [-0.1, -0.05) is 152 Å². The molecular formula is C48H81F7O3Si3. The zero-order valence-corrected chi connectivity index (χ0v) is 43.3. The number of unbranched alkanes of at least 4 members (excludes halogenated alkanes) is 8. The molecule has 0 amide bonds. The van der Waals surface area contributed by atoms with Crippen LogP contribution in [0, 0.1) is 35.1 Å². The number of alkyl halides is 7. The summed E-state index contributed by atoms with van der Waals surface area (Å²) in [5.41, 5.74) is 4.67. The molecule has 0 bridgehead atoms. The Bertz CT molecular complexity index is 1480. The van der Waals surface area contributed by atoms with E-state index >= 15 is 0 Å². The van der Waals surface area contributed by atoms with Crippen molar-refractivity contribution in [1.29, 1.82) is 0 Å². The molecule has 0 unspecified atom stereocenters. The molecule has 61 heavy (non-hydrogen) atoms. The number of hydrogen-bond donors (Lipinski definition) is 0. The molecule has 3 nitrogen and oxygen atoms in total.